The van der Waals surface area contributed by atoms with Crippen LogP contribution in [-0.2, 0) is 14.8 Å². The van der Waals surface area contributed by atoms with Gasteiger partial charge in [0.15, 0.2) is 5.75 Å². The highest BCUT2D eigenvalue weighted by Gasteiger charge is 2.33. The van der Waals surface area contributed by atoms with E-state index in [9.17, 15) is 13.2 Å². The Morgan fingerprint density at radius 3 is 2.67 bits per heavy atom. The van der Waals surface area contributed by atoms with Crippen LogP contribution in [0.25, 0.3) is 0 Å². The van der Waals surface area contributed by atoms with Gasteiger partial charge in [0.2, 0.25) is 10.0 Å². The van der Waals surface area contributed by atoms with Gasteiger partial charge in [0.1, 0.15) is 0 Å². The lowest BCUT2D eigenvalue weighted by atomic mass is 10.0. The number of carbonyl (C=O) groups is 1. The Hall–Kier alpha value is -0.660. The Labute approximate surface area is 89.1 Å². The zero-order chi connectivity index (χ0) is 11.6. The summed E-state index contributed by atoms with van der Waals surface area (Å²) >= 11 is 0. The fraction of sp³-hybridized carbons (Fsp3) is 0.875. The van der Waals surface area contributed by atoms with Gasteiger partial charge in [-0.3, -0.25) is 4.79 Å². The summed E-state index contributed by atoms with van der Waals surface area (Å²) < 4.78 is 24.5. The van der Waals surface area contributed by atoms with Gasteiger partial charge in [-0.15, -0.1) is 0 Å². The summed E-state index contributed by atoms with van der Waals surface area (Å²) in [6, 6.07) is -0.200. The van der Waals surface area contributed by atoms with E-state index in [1.54, 1.807) is 6.92 Å². The lowest BCUT2D eigenvalue weighted by Gasteiger charge is -2.34. The average Bonchev–Trinajstić information content (AvgIpc) is 1.99. The van der Waals surface area contributed by atoms with Gasteiger partial charge in [-0.1, -0.05) is 0 Å². The number of nitrogens with zero attached hydrogens (tertiary/aromatic N) is 1. The van der Waals surface area contributed by atoms with Crippen LogP contribution < -0.4 is 5.73 Å². The van der Waals surface area contributed by atoms with Crippen molar-refractivity contribution >= 4 is 16.0 Å². The molecule has 0 aromatic heterocycles. The second-order valence-electron chi connectivity index (χ2n) is 3.89. The minimum atomic E-state index is -3.68. The molecule has 0 bridgehead atoms. The summed E-state index contributed by atoms with van der Waals surface area (Å²) in [7, 11) is -3.68. The molecule has 88 valence electrons. The van der Waals surface area contributed by atoms with Crippen molar-refractivity contribution in [3.8, 4) is 0 Å². The van der Waals surface area contributed by atoms with Crippen LogP contribution in [0.5, 0.6) is 0 Å². The van der Waals surface area contributed by atoms with Crippen molar-refractivity contribution in [2.75, 3.05) is 12.3 Å². The third-order valence-corrected chi connectivity index (χ3v) is 4.39. The van der Waals surface area contributed by atoms with Crippen LogP contribution in [0, 0.1) is 0 Å². The van der Waals surface area contributed by atoms with Gasteiger partial charge in [0.05, 0.1) is 0 Å². The van der Waals surface area contributed by atoms with Crippen LogP contribution >= 0.6 is 0 Å². The highest BCUT2D eigenvalue weighted by atomic mass is 32.2. The maximum Gasteiger partial charge on any atom is 0.320 e. The number of carboxylic acid groups (broad SMARTS) is 1. The van der Waals surface area contributed by atoms with Crippen LogP contribution in [-0.4, -0.2) is 48.2 Å². The van der Waals surface area contributed by atoms with E-state index in [0.717, 1.165) is 0 Å². The molecular formula is C8H16N2O4S. The SMILES string of the molecule is CC1CC(N)CCN1S(=O)(=O)CC(=O)O. The fourth-order valence-electron chi connectivity index (χ4n) is 1.84. The van der Waals surface area contributed by atoms with E-state index in [-0.39, 0.29) is 12.1 Å². The van der Waals surface area contributed by atoms with E-state index < -0.39 is 21.7 Å². The number of carboxylic acids is 1. The molecule has 0 amide bonds. The molecule has 1 aliphatic heterocycles. The largest absolute Gasteiger partial charge is 0.480 e. The number of hydrogen-bond acceptors (Lipinski definition) is 4. The summed E-state index contributed by atoms with van der Waals surface area (Å²) in [4.78, 5) is 10.4. The standard InChI is InChI=1S/C8H16N2O4S/c1-6-4-7(9)2-3-10(6)15(13,14)5-8(11)12/h6-7H,2-5,9H2,1H3,(H,11,12). The highest BCUT2D eigenvalue weighted by Crippen LogP contribution is 2.19. The molecule has 1 heterocycles. The normalized spacial score (nSPS) is 28.9. The maximum absolute atomic E-state index is 11.6. The molecule has 7 heteroatoms. The van der Waals surface area contributed by atoms with Gasteiger partial charge in [-0.05, 0) is 19.8 Å². The molecule has 2 unspecified atom stereocenters. The zero-order valence-corrected chi connectivity index (χ0v) is 9.40. The van der Waals surface area contributed by atoms with Crippen LogP contribution in [0.4, 0.5) is 0 Å². The second kappa shape index (κ2) is 4.46. The summed E-state index contributed by atoms with van der Waals surface area (Å²) in [5, 5.41) is 8.49. The molecule has 1 fully saturated rings. The van der Waals surface area contributed by atoms with E-state index in [4.69, 9.17) is 10.8 Å². The molecule has 0 aromatic carbocycles. The number of sulfonamides is 1. The predicted molar refractivity (Wildman–Crippen MR) is 54.8 cm³/mol. The molecule has 1 saturated heterocycles. The number of hydrogen-bond donors (Lipinski definition) is 2. The molecule has 1 rings (SSSR count). The molecule has 2 atom stereocenters. The monoisotopic (exact) mass is 236 g/mol. The topological polar surface area (TPSA) is 101 Å². The van der Waals surface area contributed by atoms with Crippen molar-refractivity contribution in [1.29, 1.82) is 0 Å². The maximum atomic E-state index is 11.6. The number of rotatable bonds is 3. The van der Waals surface area contributed by atoms with Crippen LogP contribution in [0.15, 0.2) is 0 Å². The first kappa shape index (κ1) is 12.4. The van der Waals surface area contributed by atoms with Crippen molar-refractivity contribution in [1.82, 2.24) is 4.31 Å². The Kier molecular flexibility index (Phi) is 3.69. The van der Waals surface area contributed by atoms with E-state index in [0.29, 0.717) is 19.4 Å². The van der Waals surface area contributed by atoms with Gasteiger partial charge >= 0.3 is 5.97 Å². The molecule has 3 N–H and O–H groups in total. The van der Waals surface area contributed by atoms with Crippen LogP contribution in [0.1, 0.15) is 19.8 Å². The minimum Gasteiger partial charge on any atom is -0.480 e. The lowest BCUT2D eigenvalue weighted by molar-refractivity contribution is -0.134. The van der Waals surface area contributed by atoms with E-state index in [2.05, 4.69) is 0 Å². The molecule has 0 spiro atoms. The first-order valence-corrected chi connectivity index (χ1v) is 6.40. The summed E-state index contributed by atoms with van der Waals surface area (Å²) in [6.07, 6.45) is 1.17. The van der Waals surface area contributed by atoms with Crippen LogP contribution in [0.2, 0.25) is 0 Å². The molecule has 6 nitrogen and oxygen atoms in total. The van der Waals surface area contributed by atoms with Gasteiger partial charge in [0.25, 0.3) is 0 Å². The number of nitrogens with two attached hydrogens (primary N) is 1. The Morgan fingerprint density at radius 1 is 1.60 bits per heavy atom. The molecule has 0 saturated carbocycles. The van der Waals surface area contributed by atoms with Crippen molar-refractivity contribution in [3.63, 3.8) is 0 Å². The summed E-state index contributed by atoms with van der Waals surface area (Å²) in [5.41, 5.74) is 5.69. The molecule has 0 aliphatic carbocycles. The Morgan fingerprint density at radius 2 is 2.20 bits per heavy atom. The van der Waals surface area contributed by atoms with Gasteiger partial charge < -0.3 is 10.8 Å². The number of piperidine rings is 1. The highest BCUT2D eigenvalue weighted by molar-refractivity contribution is 7.89. The first-order valence-electron chi connectivity index (χ1n) is 4.80. The zero-order valence-electron chi connectivity index (χ0n) is 8.59. The van der Waals surface area contributed by atoms with Crippen molar-refractivity contribution < 1.29 is 18.3 Å². The molecule has 1 aliphatic rings. The Balaban J connectivity index is 2.75. The first-order chi connectivity index (χ1) is 6.83. The van der Waals surface area contributed by atoms with Gasteiger partial charge in [-0.2, -0.15) is 4.31 Å². The molecule has 15 heavy (non-hydrogen) atoms. The quantitative estimate of drug-likeness (QED) is 0.669. The van der Waals surface area contributed by atoms with Crippen molar-refractivity contribution in [2.45, 2.75) is 31.8 Å². The van der Waals surface area contributed by atoms with E-state index >= 15 is 0 Å². The summed E-state index contributed by atoms with van der Waals surface area (Å²) in [5.74, 6) is -2.16. The van der Waals surface area contributed by atoms with Crippen molar-refractivity contribution in [3.05, 3.63) is 0 Å². The predicted octanol–water partition coefficient (Wildman–Crippen LogP) is -0.788. The Bertz CT molecular complexity index is 341. The van der Waals surface area contributed by atoms with Gasteiger partial charge in [-0.25, -0.2) is 8.42 Å². The fourth-order valence-corrected chi connectivity index (χ4v) is 3.34. The third kappa shape index (κ3) is 3.15. The smallest absolute Gasteiger partial charge is 0.320 e. The average molecular weight is 236 g/mol. The van der Waals surface area contributed by atoms with E-state index in [1.165, 1.54) is 4.31 Å². The summed E-state index contributed by atoms with van der Waals surface area (Å²) in [6.45, 7) is 2.07. The van der Waals surface area contributed by atoms with E-state index in [1.807, 2.05) is 0 Å². The lowest BCUT2D eigenvalue weighted by Crippen LogP contribution is -2.49. The molecule has 0 aromatic rings. The number of aliphatic carboxylic acids is 1. The third-order valence-electron chi connectivity index (χ3n) is 2.52. The minimum absolute atomic E-state index is 0.0104. The molecule has 0 radical (unpaired) electrons. The second-order valence-corrected chi connectivity index (χ2v) is 5.82. The van der Waals surface area contributed by atoms with Gasteiger partial charge in [0, 0.05) is 18.6 Å². The van der Waals surface area contributed by atoms with Crippen LogP contribution in [0.3, 0.4) is 0 Å². The molecular weight excluding hydrogens is 220 g/mol. The van der Waals surface area contributed by atoms with Crippen molar-refractivity contribution in [2.24, 2.45) is 5.73 Å².